The summed E-state index contributed by atoms with van der Waals surface area (Å²) in [6.07, 6.45) is -0.877. The van der Waals surface area contributed by atoms with E-state index >= 15 is 0 Å². The van der Waals surface area contributed by atoms with Gasteiger partial charge in [0.25, 0.3) is 0 Å². The Balaban J connectivity index is 1.70. The maximum absolute atomic E-state index is 14.1. The van der Waals surface area contributed by atoms with Gasteiger partial charge < -0.3 is 43.9 Å². The van der Waals surface area contributed by atoms with Gasteiger partial charge in [-0.15, -0.1) is 0 Å². The van der Waals surface area contributed by atoms with Gasteiger partial charge in [-0.2, -0.15) is 0 Å². The first-order chi connectivity index (χ1) is 16.7. The van der Waals surface area contributed by atoms with Crippen LogP contribution in [0.2, 0.25) is 0 Å². The number of aliphatic hydroxyl groups is 2. The Morgan fingerprint density at radius 1 is 1.17 bits per heavy atom. The third-order valence-corrected chi connectivity index (χ3v) is 10.3. The predicted molar refractivity (Wildman–Crippen MR) is 116 cm³/mol. The number of furan rings is 1. The molecular weight excluding hydrogens is 472 g/mol. The molecule has 2 saturated carbocycles. The summed E-state index contributed by atoms with van der Waals surface area (Å²) in [5.74, 6) is -4.29. The van der Waals surface area contributed by atoms with E-state index in [9.17, 15) is 34.8 Å². The van der Waals surface area contributed by atoms with E-state index in [0.29, 0.717) is 12.0 Å². The molecule has 4 fully saturated rings. The van der Waals surface area contributed by atoms with Gasteiger partial charge in [0, 0.05) is 41.1 Å². The molecule has 5 rings (SSSR count). The minimum absolute atomic E-state index is 0.0626. The number of rotatable bonds is 6. The largest absolute Gasteiger partial charge is 0.550 e. The molecule has 0 radical (unpaired) electrons. The van der Waals surface area contributed by atoms with Crippen LogP contribution in [-0.2, 0) is 23.9 Å². The van der Waals surface area contributed by atoms with E-state index < -0.39 is 82.6 Å². The summed E-state index contributed by atoms with van der Waals surface area (Å²) >= 11 is 0. The number of epoxide rings is 1. The monoisotopic (exact) mass is 504 g/mol. The number of carboxylic acids is 2. The number of carboxylic acid groups (broad SMARTS) is 2. The first kappa shape index (κ1) is 25.4. The Morgan fingerprint density at radius 2 is 1.86 bits per heavy atom. The quantitative estimate of drug-likeness (QED) is 0.481. The van der Waals surface area contributed by atoms with E-state index in [1.165, 1.54) is 12.5 Å². The molecule has 4 aliphatic rings. The average molecular weight is 505 g/mol. The van der Waals surface area contributed by atoms with Gasteiger partial charge in [-0.05, 0) is 45.6 Å². The second kappa shape index (κ2) is 7.63. The number of Topliss-reactive ketones (excluding diaryl/α,β-unsaturated/α-hetero) is 1. The fraction of sp³-hybridized carbons (Fsp3) is 0.731. The molecule has 198 valence electrons. The first-order valence-corrected chi connectivity index (χ1v) is 12.3. The van der Waals surface area contributed by atoms with Crippen molar-refractivity contribution >= 4 is 17.7 Å². The van der Waals surface area contributed by atoms with Gasteiger partial charge in [0.05, 0.1) is 48.3 Å². The topological polar surface area (TPSA) is 173 Å². The molecule has 0 amide bonds. The van der Waals surface area contributed by atoms with E-state index in [1.54, 1.807) is 33.8 Å². The zero-order valence-electron chi connectivity index (χ0n) is 20.8. The van der Waals surface area contributed by atoms with Crippen LogP contribution in [0.4, 0.5) is 0 Å². The minimum atomic E-state index is -1.65. The summed E-state index contributed by atoms with van der Waals surface area (Å²) in [5, 5.41) is 46.4. The predicted octanol–water partition coefficient (Wildman–Crippen LogP) is -0.492. The molecule has 1 aromatic heterocycles. The van der Waals surface area contributed by atoms with Gasteiger partial charge in [0.15, 0.2) is 0 Å². The van der Waals surface area contributed by atoms with Gasteiger partial charge in [0.2, 0.25) is 0 Å². The SMILES string of the molecule is CC1(C)O[C@@H](CC(=O)[O-])[C@]2(CO)[C@H]3CC[C@@](C)([C@@H](O)c4ccoc4)[C@@]4(O[C@@H]4C(=O)[O-])[C@]3(C)C(=O)C[C@@H]12. The highest BCUT2D eigenvalue weighted by atomic mass is 16.6. The fourth-order valence-electron chi connectivity index (χ4n) is 8.75. The molecule has 2 aliphatic heterocycles. The standard InChI is InChI=1S/C26H34O10/c1-22(2)15-9-16(28)24(4)14(25(15,12-27)17(35-22)10-18(29)30)5-7-23(3,19(31)13-6-8-34-11-13)26(24)20(36-26)21(32)33/h6,8,11,14-15,17,19-20,27,31H,5,7,9-10,12H2,1-4H3,(H,29,30)(H,32,33)/p-2/t14-,15-,17-,19-,20+,23-,24-,25+,26+/m0/s1. The van der Waals surface area contributed by atoms with Crippen molar-refractivity contribution in [2.24, 2.45) is 28.1 Å². The van der Waals surface area contributed by atoms with Crippen LogP contribution in [0, 0.1) is 28.1 Å². The molecular formula is C26H32O10-2. The Kier molecular flexibility index (Phi) is 5.38. The number of aliphatic hydroxyl groups excluding tert-OH is 2. The van der Waals surface area contributed by atoms with Crippen LogP contribution in [0.15, 0.2) is 23.0 Å². The van der Waals surface area contributed by atoms with Crippen LogP contribution in [-0.4, -0.2) is 58.0 Å². The Labute approximate surface area is 208 Å². The molecule has 0 unspecified atom stereocenters. The maximum atomic E-state index is 14.1. The zero-order chi connectivity index (χ0) is 26.5. The molecule has 10 heteroatoms. The van der Waals surface area contributed by atoms with E-state index in [1.807, 2.05) is 0 Å². The van der Waals surface area contributed by atoms with Gasteiger partial charge >= 0.3 is 0 Å². The van der Waals surface area contributed by atoms with Gasteiger partial charge in [0.1, 0.15) is 17.5 Å². The molecule has 2 saturated heterocycles. The highest BCUT2D eigenvalue weighted by Crippen LogP contribution is 2.77. The molecule has 1 spiro atoms. The van der Waals surface area contributed by atoms with Crippen LogP contribution >= 0.6 is 0 Å². The number of fused-ring (bicyclic) bond motifs is 4. The number of carbonyl (C=O) groups excluding carboxylic acids is 3. The highest BCUT2D eigenvalue weighted by molar-refractivity contribution is 5.92. The summed E-state index contributed by atoms with van der Waals surface area (Å²) in [4.78, 5) is 38.1. The summed E-state index contributed by atoms with van der Waals surface area (Å²) < 4.78 is 17.3. The van der Waals surface area contributed by atoms with E-state index in [2.05, 4.69) is 0 Å². The van der Waals surface area contributed by atoms with Crippen LogP contribution < -0.4 is 10.2 Å². The van der Waals surface area contributed by atoms with Crippen molar-refractivity contribution in [2.45, 2.75) is 82.9 Å². The van der Waals surface area contributed by atoms with Crippen LogP contribution in [0.3, 0.4) is 0 Å². The third-order valence-electron chi connectivity index (χ3n) is 10.3. The molecule has 0 aromatic carbocycles. The van der Waals surface area contributed by atoms with Crippen molar-refractivity contribution < 1.29 is 48.7 Å². The lowest BCUT2D eigenvalue weighted by Crippen LogP contribution is -2.71. The lowest BCUT2D eigenvalue weighted by molar-refractivity contribution is -0.309. The minimum Gasteiger partial charge on any atom is -0.550 e. The molecule has 0 bridgehead atoms. The zero-order valence-corrected chi connectivity index (χ0v) is 20.8. The highest BCUT2D eigenvalue weighted by Gasteiger charge is 2.86. The summed E-state index contributed by atoms with van der Waals surface area (Å²) in [6.45, 7) is 6.43. The molecule has 3 heterocycles. The van der Waals surface area contributed by atoms with Gasteiger partial charge in [-0.3, -0.25) is 4.79 Å². The van der Waals surface area contributed by atoms with E-state index in [0.717, 1.165) is 0 Å². The number of carbonyl (C=O) groups is 3. The van der Waals surface area contributed by atoms with Gasteiger partial charge in [-0.25, -0.2) is 0 Å². The number of hydrogen-bond donors (Lipinski definition) is 2. The van der Waals surface area contributed by atoms with Crippen LogP contribution in [0.25, 0.3) is 0 Å². The van der Waals surface area contributed by atoms with Crippen molar-refractivity contribution in [1.29, 1.82) is 0 Å². The normalized spacial score (nSPS) is 45.7. The number of ether oxygens (including phenoxy) is 2. The Hall–Kier alpha value is -2.27. The summed E-state index contributed by atoms with van der Waals surface area (Å²) in [5.41, 5.74) is -6.02. The molecule has 36 heavy (non-hydrogen) atoms. The Bertz CT molecular complexity index is 1100. The molecule has 2 aliphatic carbocycles. The van der Waals surface area contributed by atoms with Gasteiger partial charge in [-0.1, -0.05) is 6.92 Å². The second-order valence-electron chi connectivity index (χ2n) is 12.0. The first-order valence-electron chi connectivity index (χ1n) is 12.3. The average Bonchev–Trinajstić information content (AvgIpc) is 3.27. The molecule has 10 nitrogen and oxygen atoms in total. The second-order valence-corrected chi connectivity index (χ2v) is 12.0. The number of ketones is 1. The van der Waals surface area contributed by atoms with Crippen molar-refractivity contribution in [2.75, 3.05) is 6.61 Å². The fourth-order valence-corrected chi connectivity index (χ4v) is 8.75. The smallest absolute Gasteiger partial charge is 0.142 e. The molecule has 9 atom stereocenters. The maximum Gasteiger partial charge on any atom is 0.142 e. The molecule has 2 N–H and O–H groups in total. The van der Waals surface area contributed by atoms with Crippen molar-refractivity contribution in [3.8, 4) is 0 Å². The van der Waals surface area contributed by atoms with Crippen LogP contribution in [0.5, 0.6) is 0 Å². The van der Waals surface area contributed by atoms with E-state index in [4.69, 9.17) is 13.9 Å². The van der Waals surface area contributed by atoms with Crippen molar-refractivity contribution in [3.63, 3.8) is 0 Å². The van der Waals surface area contributed by atoms with Crippen LogP contribution in [0.1, 0.15) is 65.0 Å². The van der Waals surface area contributed by atoms with Crippen molar-refractivity contribution in [3.05, 3.63) is 24.2 Å². The molecule has 1 aromatic rings. The lowest BCUT2D eigenvalue weighted by Gasteiger charge is -2.64. The lowest BCUT2D eigenvalue weighted by atomic mass is 9.37. The summed E-state index contributed by atoms with van der Waals surface area (Å²) in [6, 6.07) is 1.58. The number of hydrogen-bond acceptors (Lipinski definition) is 10. The van der Waals surface area contributed by atoms with Crippen molar-refractivity contribution in [1.82, 2.24) is 0 Å². The Morgan fingerprint density at radius 3 is 2.39 bits per heavy atom. The van der Waals surface area contributed by atoms with E-state index in [-0.39, 0.29) is 18.6 Å². The summed E-state index contributed by atoms with van der Waals surface area (Å²) in [7, 11) is 0. The number of aliphatic carboxylic acids is 2. The third kappa shape index (κ3) is 2.78.